The predicted molar refractivity (Wildman–Crippen MR) is 90.3 cm³/mol. The topological polar surface area (TPSA) is 63.2 Å². The second-order valence-corrected chi connectivity index (χ2v) is 5.93. The lowest BCUT2D eigenvalue weighted by atomic mass is 10.3. The zero-order chi connectivity index (χ0) is 14.7. The lowest BCUT2D eigenvalue weighted by molar-refractivity contribution is 0.122. The third-order valence-corrected chi connectivity index (χ3v) is 4.12. The van der Waals surface area contributed by atoms with Crippen molar-refractivity contribution in [2.24, 2.45) is 0 Å². The molecule has 0 bridgehead atoms. The van der Waals surface area contributed by atoms with Gasteiger partial charge >= 0.3 is 0 Å². The zero-order valence-electron chi connectivity index (χ0n) is 11.1. The summed E-state index contributed by atoms with van der Waals surface area (Å²) < 4.78 is 6.41. The van der Waals surface area contributed by atoms with E-state index < -0.39 is 0 Å². The molecule has 1 aliphatic rings. The monoisotopic (exact) mass is 417 g/mol. The van der Waals surface area contributed by atoms with E-state index in [0.717, 1.165) is 22.3 Å². The van der Waals surface area contributed by atoms with Crippen LogP contribution in [0, 0.1) is 3.57 Å². The summed E-state index contributed by atoms with van der Waals surface area (Å²) in [5.41, 5.74) is 0.938. The lowest BCUT2D eigenvalue weighted by Gasteiger charge is -2.26. The average molecular weight is 418 g/mol. The van der Waals surface area contributed by atoms with E-state index in [1.165, 1.54) is 0 Å². The third-order valence-electron chi connectivity index (χ3n) is 3.01. The molecule has 8 heteroatoms. The van der Waals surface area contributed by atoms with Gasteiger partial charge in [0.1, 0.15) is 0 Å². The van der Waals surface area contributed by atoms with Gasteiger partial charge in [-0.3, -0.25) is 0 Å². The average Bonchev–Trinajstić information content (AvgIpc) is 2.50. The van der Waals surface area contributed by atoms with Crippen molar-refractivity contribution in [2.45, 2.75) is 0 Å². The minimum atomic E-state index is 0.180. The molecule has 21 heavy (non-hydrogen) atoms. The summed E-state index contributed by atoms with van der Waals surface area (Å²) in [7, 11) is 0. The molecule has 2 aromatic rings. The van der Waals surface area contributed by atoms with Crippen LogP contribution in [0.2, 0.25) is 5.28 Å². The van der Waals surface area contributed by atoms with E-state index in [1.54, 1.807) is 0 Å². The highest BCUT2D eigenvalue weighted by Gasteiger charge is 2.16. The number of hydrogen-bond acceptors (Lipinski definition) is 6. The Labute approximate surface area is 141 Å². The number of hydrogen-bond donors (Lipinski definition) is 1. The molecule has 1 aromatic heterocycles. The van der Waals surface area contributed by atoms with Gasteiger partial charge in [0.25, 0.3) is 0 Å². The molecule has 1 saturated heterocycles. The highest BCUT2D eigenvalue weighted by Crippen LogP contribution is 2.22. The number of ether oxygens (including phenoxy) is 1. The van der Waals surface area contributed by atoms with Crippen molar-refractivity contribution in [2.75, 3.05) is 36.5 Å². The van der Waals surface area contributed by atoms with E-state index in [1.807, 2.05) is 29.2 Å². The Morgan fingerprint density at radius 2 is 1.90 bits per heavy atom. The molecule has 0 saturated carbocycles. The zero-order valence-corrected chi connectivity index (χ0v) is 14.0. The number of aromatic nitrogens is 3. The maximum Gasteiger partial charge on any atom is 0.233 e. The Morgan fingerprint density at radius 3 is 2.67 bits per heavy atom. The van der Waals surface area contributed by atoms with E-state index in [-0.39, 0.29) is 5.28 Å². The van der Waals surface area contributed by atoms with Crippen LogP contribution in [0.25, 0.3) is 0 Å². The molecule has 0 unspecified atom stereocenters. The molecular formula is C13H13ClIN5O. The summed E-state index contributed by atoms with van der Waals surface area (Å²) >= 11 is 8.27. The van der Waals surface area contributed by atoms with Crippen molar-refractivity contribution in [1.29, 1.82) is 0 Å². The van der Waals surface area contributed by atoms with Gasteiger partial charge < -0.3 is 15.0 Å². The van der Waals surface area contributed by atoms with Crippen LogP contribution in [-0.2, 0) is 4.74 Å². The minimum Gasteiger partial charge on any atom is -0.378 e. The fourth-order valence-electron chi connectivity index (χ4n) is 1.98. The summed E-state index contributed by atoms with van der Waals surface area (Å²) in [6.45, 7) is 2.84. The van der Waals surface area contributed by atoms with Crippen molar-refractivity contribution in [1.82, 2.24) is 15.0 Å². The van der Waals surface area contributed by atoms with Crippen LogP contribution in [-0.4, -0.2) is 41.3 Å². The first-order chi connectivity index (χ1) is 10.2. The second kappa shape index (κ2) is 6.71. The summed E-state index contributed by atoms with van der Waals surface area (Å²) in [6.07, 6.45) is 0. The van der Waals surface area contributed by atoms with Crippen LogP contribution in [0.15, 0.2) is 24.3 Å². The van der Waals surface area contributed by atoms with Crippen molar-refractivity contribution in [3.05, 3.63) is 33.1 Å². The number of rotatable bonds is 3. The molecule has 0 amide bonds. The Kier molecular flexibility index (Phi) is 4.71. The van der Waals surface area contributed by atoms with E-state index in [2.05, 4.69) is 42.9 Å². The quantitative estimate of drug-likeness (QED) is 0.775. The molecule has 0 atom stereocenters. The van der Waals surface area contributed by atoms with Crippen molar-refractivity contribution >= 4 is 51.8 Å². The molecule has 3 rings (SSSR count). The van der Waals surface area contributed by atoms with Gasteiger partial charge in [0.05, 0.1) is 18.9 Å². The maximum atomic E-state index is 6.01. The number of halogens is 2. The molecule has 1 aromatic carbocycles. The maximum absolute atomic E-state index is 6.01. The van der Waals surface area contributed by atoms with Gasteiger partial charge in [0.2, 0.25) is 17.2 Å². The van der Waals surface area contributed by atoms with Crippen LogP contribution in [0.4, 0.5) is 17.6 Å². The largest absolute Gasteiger partial charge is 0.378 e. The van der Waals surface area contributed by atoms with Crippen LogP contribution >= 0.6 is 34.2 Å². The fourth-order valence-corrected chi connectivity index (χ4v) is 2.66. The highest BCUT2D eigenvalue weighted by molar-refractivity contribution is 14.1. The molecule has 110 valence electrons. The molecule has 2 heterocycles. The summed E-state index contributed by atoms with van der Waals surface area (Å²) in [6, 6.07) is 7.91. The van der Waals surface area contributed by atoms with Crippen LogP contribution in [0.1, 0.15) is 0 Å². The SMILES string of the molecule is Clc1nc(Nc2ccccc2I)nc(N2CCOCC2)n1. The number of nitrogens with one attached hydrogen (secondary N) is 1. The smallest absolute Gasteiger partial charge is 0.233 e. The van der Waals surface area contributed by atoms with Crippen LogP contribution < -0.4 is 10.2 Å². The van der Waals surface area contributed by atoms with Crippen LogP contribution in [0.3, 0.4) is 0 Å². The van der Waals surface area contributed by atoms with Crippen molar-refractivity contribution in [3.63, 3.8) is 0 Å². The molecule has 1 fully saturated rings. The minimum absolute atomic E-state index is 0.180. The van der Waals surface area contributed by atoms with Gasteiger partial charge in [0, 0.05) is 16.7 Å². The number of morpholine rings is 1. The van der Waals surface area contributed by atoms with E-state index in [4.69, 9.17) is 16.3 Å². The van der Waals surface area contributed by atoms with E-state index >= 15 is 0 Å². The number of nitrogens with zero attached hydrogens (tertiary/aromatic N) is 4. The molecular weight excluding hydrogens is 405 g/mol. The molecule has 0 aliphatic carbocycles. The van der Waals surface area contributed by atoms with Gasteiger partial charge in [-0.05, 0) is 46.3 Å². The number of para-hydroxylation sites is 1. The Bertz CT molecular complexity index is 636. The number of benzene rings is 1. The lowest BCUT2D eigenvalue weighted by Crippen LogP contribution is -2.37. The second-order valence-electron chi connectivity index (χ2n) is 4.43. The summed E-state index contributed by atoms with van der Waals surface area (Å²) in [5, 5.41) is 3.36. The Balaban J connectivity index is 1.85. The van der Waals surface area contributed by atoms with Gasteiger partial charge in [-0.1, -0.05) is 12.1 Å². The Hall–Kier alpha value is -1.19. The molecule has 0 spiro atoms. The number of anilines is 3. The van der Waals surface area contributed by atoms with Gasteiger partial charge in [-0.25, -0.2) is 0 Å². The predicted octanol–water partition coefficient (Wildman–Crippen LogP) is 2.71. The van der Waals surface area contributed by atoms with Crippen LogP contribution in [0.5, 0.6) is 0 Å². The van der Waals surface area contributed by atoms with E-state index in [9.17, 15) is 0 Å². The molecule has 0 radical (unpaired) electrons. The Morgan fingerprint density at radius 1 is 1.14 bits per heavy atom. The molecule has 1 aliphatic heterocycles. The summed E-state index contributed by atoms with van der Waals surface area (Å²) in [4.78, 5) is 14.8. The third kappa shape index (κ3) is 3.72. The van der Waals surface area contributed by atoms with E-state index in [0.29, 0.717) is 25.1 Å². The first kappa shape index (κ1) is 14.7. The van der Waals surface area contributed by atoms with Gasteiger partial charge in [0.15, 0.2) is 0 Å². The molecule has 6 nitrogen and oxygen atoms in total. The van der Waals surface area contributed by atoms with Crippen molar-refractivity contribution in [3.8, 4) is 0 Å². The first-order valence-electron chi connectivity index (χ1n) is 6.48. The normalized spacial score (nSPS) is 15.0. The van der Waals surface area contributed by atoms with Gasteiger partial charge in [-0.2, -0.15) is 15.0 Å². The standard InChI is InChI=1S/C13H13ClIN5O/c14-11-17-12(16-10-4-2-1-3-9(10)15)19-13(18-11)20-5-7-21-8-6-20/h1-4H,5-8H2,(H,16,17,18,19). The fraction of sp³-hybridized carbons (Fsp3) is 0.308. The first-order valence-corrected chi connectivity index (χ1v) is 7.94. The summed E-state index contributed by atoms with van der Waals surface area (Å²) in [5.74, 6) is 1.02. The van der Waals surface area contributed by atoms with Crippen molar-refractivity contribution < 1.29 is 4.74 Å². The van der Waals surface area contributed by atoms with Gasteiger partial charge in [-0.15, -0.1) is 0 Å². The molecule has 1 N–H and O–H groups in total. The highest BCUT2D eigenvalue weighted by atomic mass is 127.